The minimum Gasteiger partial charge on any atom is -0.477 e. The summed E-state index contributed by atoms with van der Waals surface area (Å²) in [6.45, 7) is -0.0990. The second kappa shape index (κ2) is 5.26. The van der Waals surface area contributed by atoms with E-state index in [2.05, 4.69) is 15.3 Å². The third-order valence-corrected chi connectivity index (χ3v) is 3.21. The van der Waals surface area contributed by atoms with Crippen LogP contribution in [0.1, 0.15) is 16.1 Å². The molecule has 2 heterocycles. The monoisotopic (exact) mass is 283 g/mol. The van der Waals surface area contributed by atoms with Crippen molar-refractivity contribution in [2.24, 2.45) is 0 Å². The number of hydrogen-bond acceptors (Lipinski definition) is 4. The fraction of sp³-hybridized carbons (Fsp3) is 0.0667. The molecule has 0 radical (unpaired) electrons. The Bertz CT molecular complexity index is 797. The number of aromatic carboxylic acids is 1. The average Bonchev–Trinajstić information content (AvgIpc) is 2.86. The number of H-pyrrole nitrogens is 1. The number of carboxylic acids is 1. The molecular weight excluding hydrogens is 270 g/mol. The second-order valence-electron chi connectivity index (χ2n) is 4.58. The van der Waals surface area contributed by atoms with Gasteiger partial charge in [0.2, 0.25) is 0 Å². The minimum atomic E-state index is -1.05. The Balaban J connectivity index is 2.17. The normalized spacial score (nSPS) is 10.7. The van der Waals surface area contributed by atoms with Crippen LogP contribution < -0.4 is 5.32 Å². The van der Waals surface area contributed by atoms with Gasteiger partial charge in [0.05, 0.1) is 12.3 Å². The van der Waals surface area contributed by atoms with Gasteiger partial charge < -0.3 is 20.5 Å². The first-order chi connectivity index (χ1) is 10.2. The molecule has 0 aliphatic rings. The fourth-order valence-electron chi connectivity index (χ4n) is 2.21. The Labute approximate surface area is 120 Å². The number of nitrogens with zero attached hydrogens (tertiary/aromatic N) is 1. The Morgan fingerprint density at radius 3 is 2.67 bits per heavy atom. The van der Waals surface area contributed by atoms with E-state index >= 15 is 0 Å². The molecule has 0 unspecified atom stereocenters. The summed E-state index contributed by atoms with van der Waals surface area (Å²) in [5, 5.41) is 22.4. The van der Waals surface area contributed by atoms with Gasteiger partial charge in [0.15, 0.2) is 0 Å². The van der Waals surface area contributed by atoms with Crippen molar-refractivity contribution in [1.82, 2.24) is 9.97 Å². The molecule has 3 aromatic rings. The highest BCUT2D eigenvalue weighted by atomic mass is 16.4. The van der Waals surface area contributed by atoms with Crippen molar-refractivity contribution in [2.45, 2.75) is 6.61 Å². The lowest BCUT2D eigenvalue weighted by Crippen LogP contribution is -2.01. The standard InChI is InChI=1S/C15H13N3O3/c19-8-9-1-2-12-11(7-9)13(14(18-12)15(20)21)17-10-3-5-16-6-4-10/h1-7,18-19H,8H2,(H,16,17)(H,20,21). The van der Waals surface area contributed by atoms with Crippen LogP contribution in [-0.4, -0.2) is 26.2 Å². The maximum atomic E-state index is 11.4. The number of aromatic nitrogens is 2. The molecule has 6 heteroatoms. The van der Waals surface area contributed by atoms with Gasteiger partial charge >= 0.3 is 5.97 Å². The largest absolute Gasteiger partial charge is 0.477 e. The number of nitrogens with one attached hydrogen (secondary N) is 2. The lowest BCUT2D eigenvalue weighted by atomic mass is 10.1. The summed E-state index contributed by atoms with van der Waals surface area (Å²) in [6.07, 6.45) is 3.24. The number of pyridine rings is 1. The quantitative estimate of drug-likeness (QED) is 0.589. The number of fused-ring (bicyclic) bond motifs is 1. The first kappa shape index (κ1) is 13.1. The Morgan fingerprint density at radius 2 is 2.00 bits per heavy atom. The Hall–Kier alpha value is -2.86. The molecule has 0 bridgehead atoms. The van der Waals surface area contributed by atoms with Gasteiger partial charge in [-0.05, 0) is 29.8 Å². The molecular formula is C15H13N3O3. The van der Waals surface area contributed by atoms with Gasteiger partial charge in [0, 0.05) is 29.0 Å². The van der Waals surface area contributed by atoms with Crippen LogP contribution in [0.3, 0.4) is 0 Å². The Morgan fingerprint density at radius 1 is 1.24 bits per heavy atom. The molecule has 0 saturated heterocycles. The second-order valence-corrected chi connectivity index (χ2v) is 4.58. The molecule has 4 N–H and O–H groups in total. The van der Waals surface area contributed by atoms with Crippen LogP contribution in [0.15, 0.2) is 42.7 Å². The number of carboxylic acid groups (broad SMARTS) is 1. The van der Waals surface area contributed by atoms with E-state index in [1.807, 2.05) is 0 Å². The molecule has 3 rings (SSSR count). The zero-order chi connectivity index (χ0) is 14.8. The highest BCUT2D eigenvalue weighted by molar-refractivity contribution is 6.06. The van der Waals surface area contributed by atoms with Crippen molar-refractivity contribution in [3.05, 3.63) is 54.0 Å². The van der Waals surface area contributed by atoms with Crippen molar-refractivity contribution >= 4 is 28.2 Å². The van der Waals surface area contributed by atoms with Gasteiger partial charge in [0.25, 0.3) is 0 Å². The summed E-state index contributed by atoms with van der Waals surface area (Å²) in [5.41, 5.74) is 2.70. The molecule has 0 aliphatic carbocycles. The predicted molar refractivity (Wildman–Crippen MR) is 78.7 cm³/mol. The van der Waals surface area contributed by atoms with Gasteiger partial charge in [-0.2, -0.15) is 0 Å². The molecule has 21 heavy (non-hydrogen) atoms. The highest BCUT2D eigenvalue weighted by Gasteiger charge is 2.17. The fourth-order valence-corrected chi connectivity index (χ4v) is 2.21. The molecule has 0 amide bonds. The first-order valence-electron chi connectivity index (χ1n) is 6.35. The van der Waals surface area contributed by atoms with E-state index in [0.717, 1.165) is 16.6 Å². The molecule has 0 atom stereocenters. The summed E-state index contributed by atoms with van der Waals surface area (Å²) in [5.74, 6) is -1.05. The molecule has 0 saturated carbocycles. The predicted octanol–water partition coefficient (Wildman–Crippen LogP) is 2.50. The van der Waals surface area contributed by atoms with Crippen LogP contribution in [0.25, 0.3) is 10.9 Å². The number of carbonyl (C=O) groups is 1. The van der Waals surface area contributed by atoms with Gasteiger partial charge in [-0.25, -0.2) is 4.79 Å². The number of benzene rings is 1. The van der Waals surface area contributed by atoms with Crippen LogP contribution in [0.4, 0.5) is 11.4 Å². The summed E-state index contributed by atoms with van der Waals surface area (Å²) >= 11 is 0. The summed E-state index contributed by atoms with van der Waals surface area (Å²) in [4.78, 5) is 18.2. The zero-order valence-corrected chi connectivity index (χ0v) is 11.0. The lowest BCUT2D eigenvalue weighted by Gasteiger charge is -2.06. The SMILES string of the molecule is O=C(O)c1[nH]c2ccc(CO)cc2c1Nc1ccncc1. The minimum absolute atomic E-state index is 0.0805. The number of aliphatic hydroxyl groups is 1. The van der Waals surface area contributed by atoms with Gasteiger partial charge in [-0.15, -0.1) is 0 Å². The molecule has 1 aromatic carbocycles. The topological polar surface area (TPSA) is 98.2 Å². The van der Waals surface area contributed by atoms with Crippen LogP contribution >= 0.6 is 0 Å². The number of rotatable bonds is 4. The summed E-state index contributed by atoms with van der Waals surface area (Å²) < 4.78 is 0. The smallest absolute Gasteiger partial charge is 0.354 e. The van der Waals surface area contributed by atoms with Crippen molar-refractivity contribution in [3.63, 3.8) is 0 Å². The molecule has 106 valence electrons. The van der Waals surface area contributed by atoms with E-state index in [9.17, 15) is 15.0 Å². The number of hydrogen-bond donors (Lipinski definition) is 4. The molecule has 6 nitrogen and oxygen atoms in total. The van der Waals surface area contributed by atoms with Gasteiger partial charge in [-0.1, -0.05) is 6.07 Å². The Kier molecular flexibility index (Phi) is 3.29. The van der Waals surface area contributed by atoms with Crippen molar-refractivity contribution in [3.8, 4) is 0 Å². The first-order valence-corrected chi connectivity index (χ1v) is 6.35. The van der Waals surface area contributed by atoms with E-state index in [1.165, 1.54) is 0 Å². The molecule has 0 aliphatic heterocycles. The number of anilines is 2. The zero-order valence-electron chi connectivity index (χ0n) is 11.0. The van der Waals surface area contributed by atoms with E-state index in [4.69, 9.17) is 0 Å². The van der Waals surface area contributed by atoms with Gasteiger partial charge in [0.1, 0.15) is 5.69 Å². The van der Waals surface area contributed by atoms with Crippen LogP contribution in [-0.2, 0) is 6.61 Å². The third-order valence-electron chi connectivity index (χ3n) is 3.21. The maximum Gasteiger partial charge on any atom is 0.354 e. The number of aliphatic hydroxyl groups excluding tert-OH is 1. The van der Waals surface area contributed by atoms with Crippen LogP contribution in [0, 0.1) is 0 Å². The van der Waals surface area contributed by atoms with Crippen molar-refractivity contribution in [1.29, 1.82) is 0 Å². The van der Waals surface area contributed by atoms with Crippen LogP contribution in [0.2, 0.25) is 0 Å². The molecule has 2 aromatic heterocycles. The average molecular weight is 283 g/mol. The van der Waals surface area contributed by atoms with Crippen molar-refractivity contribution < 1.29 is 15.0 Å². The van der Waals surface area contributed by atoms with Crippen molar-refractivity contribution in [2.75, 3.05) is 5.32 Å². The summed E-state index contributed by atoms with van der Waals surface area (Å²) in [6, 6.07) is 8.77. The van der Waals surface area contributed by atoms with E-state index < -0.39 is 5.97 Å². The van der Waals surface area contributed by atoms with E-state index in [1.54, 1.807) is 42.7 Å². The molecule has 0 spiro atoms. The van der Waals surface area contributed by atoms with Crippen LogP contribution in [0.5, 0.6) is 0 Å². The lowest BCUT2D eigenvalue weighted by molar-refractivity contribution is 0.0692. The summed E-state index contributed by atoms with van der Waals surface area (Å²) in [7, 11) is 0. The van der Waals surface area contributed by atoms with E-state index in [-0.39, 0.29) is 12.3 Å². The van der Waals surface area contributed by atoms with Gasteiger partial charge in [-0.3, -0.25) is 4.98 Å². The highest BCUT2D eigenvalue weighted by Crippen LogP contribution is 2.31. The molecule has 0 fully saturated rings. The van der Waals surface area contributed by atoms with E-state index in [0.29, 0.717) is 11.2 Å². The third kappa shape index (κ3) is 2.44. The maximum absolute atomic E-state index is 11.4. The number of aromatic amines is 1.